The van der Waals surface area contributed by atoms with E-state index in [1.807, 2.05) is 30.3 Å². The smallest absolute Gasteiger partial charge is 0.194 e. The number of hydrogen-bond donors (Lipinski definition) is 0. The molecular formula is C12H13NO. The van der Waals surface area contributed by atoms with Crippen molar-refractivity contribution in [1.82, 2.24) is 4.98 Å². The van der Waals surface area contributed by atoms with Crippen LogP contribution < -0.4 is 0 Å². The quantitative estimate of drug-likeness (QED) is 0.736. The van der Waals surface area contributed by atoms with Crippen LogP contribution in [-0.4, -0.2) is 4.98 Å². The molecule has 0 radical (unpaired) electrons. The Bertz CT molecular complexity index is 392. The average molecular weight is 187 g/mol. The highest BCUT2D eigenvalue weighted by molar-refractivity contribution is 5.55. The Hall–Kier alpha value is -1.57. The molecule has 72 valence electrons. The molecule has 0 fully saturated rings. The monoisotopic (exact) mass is 187 g/mol. The van der Waals surface area contributed by atoms with Gasteiger partial charge in [0.05, 0.1) is 6.20 Å². The molecule has 1 aromatic heterocycles. The van der Waals surface area contributed by atoms with E-state index in [-0.39, 0.29) is 0 Å². The predicted octanol–water partition coefficient (Wildman–Crippen LogP) is 3.29. The number of nitrogens with zero attached hydrogens (tertiary/aromatic N) is 1. The standard InChI is InChI=1S/C12H13NO/c1-2-6-12-13-9-11(14-12)10-7-4-3-5-8-10/h3-5,7-9H,2,6H2,1H3. The van der Waals surface area contributed by atoms with Crippen LogP contribution >= 0.6 is 0 Å². The molecule has 0 atom stereocenters. The molecule has 0 bridgehead atoms. The molecule has 0 aliphatic heterocycles. The van der Waals surface area contributed by atoms with E-state index < -0.39 is 0 Å². The Morgan fingerprint density at radius 2 is 2.00 bits per heavy atom. The van der Waals surface area contributed by atoms with Crippen molar-refractivity contribution < 1.29 is 4.42 Å². The lowest BCUT2D eigenvalue weighted by molar-refractivity contribution is 0.503. The lowest BCUT2D eigenvalue weighted by atomic mass is 10.2. The van der Waals surface area contributed by atoms with Gasteiger partial charge in [-0.3, -0.25) is 0 Å². The highest BCUT2D eigenvalue weighted by atomic mass is 16.4. The van der Waals surface area contributed by atoms with Gasteiger partial charge in [-0.2, -0.15) is 0 Å². The summed E-state index contributed by atoms with van der Waals surface area (Å²) in [6.07, 6.45) is 3.77. The first kappa shape index (κ1) is 9.00. The van der Waals surface area contributed by atoms with Crippen LogP contribution in [0, 0.1) is 0 Å². The van der Waals surface area contributed by atoms with Gasteiger partial charge in [-0.25, -0.2) is 4.98 Å². The van der Waals surface area contributed by atoms with Crippen LogP contribution in [0.2, 0.25) is 0 Å². The number of oxazole rings is 1. The van der Waals surface area contributed by atoms with Crippen LogP contribution in [0.25, 0.3) is 11.3 Å². The van der Waals surface area contributed by atoms with Gasteiger partial charge in [-0.05, 0) is 6.42 Å². The molecule has 2 heteroatoms. The minimum atomic E-state index is 0.825. The zero-order valence-corrected chi connectivity index (χ0v) is 8.23. The van der Waals surface area contributed by atoms with Crippen molar-refractivity contribution in [3.63, 3.8) is 0 Å². The molecule has 0 unspecified atom stereocenters. The summed E-state index contributed by atoms with van der Waals surface area (Å²) in [5.74, 6) is 1.68. The van der Waals surface area contributed by atoms with Crippen molar-refractivity contribution in [2.45, 2.75) is 19.8 Å². The Morgan fingerprint density at radius 1 is 1.21 bits per heavy atom. The summed E-state index contributed by atoms with van der Waals surface area (Å²) >= 11 is 0. The van der Waals surface area contributed by atoms with Gasteiger partial charge in [0.15, 0.2) is 11.7 Å². The first-order valence-electron chi connectivity index (χ1n) is 4.90. The fraction of sp³-hybridized carbons (Fsp3) is 0.250. The Kier molecular flexibility index (Phi) is 2.63. The number of rotatable bonds is 3. The SMILES string of the molecule is CCCc1ncc(-c2ccccc2)o1. The summed E-state index contributed by atoms with van der Waals surface area (Å²) in [5, 5.41) is 0. The third kappa shape index (κ3) is 1.84. The van der Waals surface area contributed by atoms with E-state index in [4.69, 9.17) is 4.42 Å². The topological polar surface area (TPSA) is 26.0 Å². The highest BCUT2D eigenvalue weighted by Gasteiger charge is 2.04. The van der Waals surface area contributed by atoms with Crippen LogP contribution in [0.1, 0.15) is 19.2 Å². The van der Waals surface area contributed by atoms with Crippen molar-refractivity contribution in [1.29, 1.82) is 0 Å². The molecule has 0 aliphatic carbocycles. The Labute approximate surface area is 83.6 Å². The minimum Gasteiger partial charge on any atom is -0.441 e. The van der Waals surface area contributed by atoms with Crippen LogP contribution in [0.5, 0.6) is 0 Å². The number of benzene rings is 1. The van der Waals surface area contributed by atoms with Crippen LogP contribution in [0.4, 0.5) is 0 Å². The minimum absolute atomic E-state index is 0.825. The van der Waals surface area contributed by atoms with E-state index in [9.17, 15) is 0 Å². The first-order valence-corrected chi connectivity index (χ1v) is 4.90. The van der Waals surface area contributed by atoms with E-state index in [0.717, 1.165) is 30.1 Å². The molecule has 0 N–H and O–H groups in total. The van der Waals surface area contributed by atoms with Gasteiger partial charge in [0.1, 0.15) is 0 Å². The van der Waals surface area contributed by atoms with E-state index in [2.05, 4.69) is 11.9 Å². The van der Waals surface area contributed by atoms with Crippen molar-refractivity contribution in [2.24, 2.45) is 0 Å². The molecule has 2 rings (SSSR count). The predicted molar refractivity (Wildman–Crippen MR) is 55.9 cm³/mol. The van der Waals surface area contributed by atoms with E-state index >= 15 is 0 Å². The first-order chi connectivity index (χ1) is 6.90. The summed E-state index contributed by atoms with van der Waals surface area (Å²) in [6.45, 7) is 2.12. The van der Waals surface area contributed by atoms with Crippen LogP contribution in [0.3, 0.4) is 0 Å². The molecule has 2 nitrogen and oxygen atoms in total. The molecule has 0 saturated carbocycles. The van der Waals surface area contributed by atoms with Crippen molar-refractivity contribution >= 4 is 0 Å². The summed E-state index contributed by atoms with van der Waals surface area (Å²) in [7, 11) is 0. The van der Waals surface area contributed by atoms with Crippen LogP contribution in [-0.2, 0) is 6.42 Å². The van der Waals surface area contributed by atoms with Crippen molar-refractivity contribution in [3.05, 3.63) is 42.4 Å². The zero-order chi connectivity index (χ0) is 9.80. The number of aryl methyl sites for hydroxylation is 1. The third-order valence-corrected chi connectivity index (χ3v) is 2.08. The second-order valence-electron chi connectivity index (χ2n) is 3.23. The van der Waals surface area contributed by atoms with Crippen molar-refractivity contribution in [3.8, 4) is 11.3 Å². The van der Waals surface area contributed by atoms with E-state index in [1.54, 1.807) is 6.20 Å². The molecule has 0 saturated heterocycles. The van der Waals surface area contributed by atoms with Gasteiger partial charge in [0.2, 0.25) is 0 Å². The summed E-state index contributed by atoms with van der Waals surface area (Å²) in [5.41, 5.74) is 1.09. The second kappa shape index (κ2) is 4.09. The maximum atomic E-state index is 5.60. The lowest BCUT2D eigenvalue weighted by Crippen LogP contribution is -1.79. The normalized spacial score (nSPS) is 10.4. The van der Waals surface area contributed by atoms with Crippen molar-refractivity contribution in [2.75, 3.05) is 0 Å². The molecule has 1 aromatic carbocycles. The maximum Gasteiger partial charge on any atom is 0.194 e. The van der Waals surface area contributed by atoms with Crippen LogP contribution in [0.15, 0.2) is 40.9 Å². The fourth-order valence-electron chi connectivity index (χ4n) is 1.38. The molecule has 0 spiro atoms. The largest absolute Gasteiger partial charge is 0.441 e. The van der Waals surface area contributed by atoms with Gasteiger partial charge < -0.3 is 4.42 Å². The molecule has 1 heterocycles. The van der Waals surface area contributed by atoms with E-state index in [1.165, 1.54) is 0 Å². The molecule has 14 heavy (non-hydrogen) atoms. The van der Waals surface area contributed by atoms with Gasteiger partial charge in [-0.1, -0.05) is 37.3 Å². The maximum absolute atomic E-state index is 5.60. The number of aromatic nitrogens is 1. The fourth-order valence-corrected chi connectivity index (χ4v) is 1.38. The lowest BCUT2D eigenvalue weighted by Gasteiger charge is -1.93. The average Bonchev–Trinajstić information content (AvgIpc) is 2.68. The summed E-state index contributed by atoms with van der Waals surface area (Å²) < 4.78 is 5.60. The Balaban J connectivity index is 2.25. The van der Waals surface area contributed by atoms with Gasteiger partial charge in [0.25, 0.3) is 0 Å². The van der Waals surface area contributed by atoms with Gasteiger partial charge >= 0.3 is 0 Å². The Morgan fingerprint density at radius 3 is 2.71 bits per heavy atom. The zero-order valence-electron chi connectivity index (χ0n) is 8.23. The molecule has 0 amide bonds. The third-order valence-electron chi connectivity index (χ3n) is 2.08. The molecular weight excluding hydrogens is 174 g/mol. The van der Waals surface area contributed by atoms with Gasteiger partial charge in [-0.15, -0.1) is 0 Å². The van der Waals surface area contributed by atoms with Gasteiger partial charge in [0, 0.05) is 12.0 Å². The molecule has 0 aliphatic rings. The van der Waals surface area contributed by atoms with E-state index in [0.29, 0.717) is 0 Å². The summed E-state index contributed by atoms with van der Waals surface area (Å²) in [4.78, 5) is 4.22. The highest BCUT2D eigenvalue weighted by Crippen LogP contribution is 2.19. The second-order valence-corrected chi connectivity index (χ2v) is 3.23. The number of hydrogen-bond acceptors (Lipinski definition) is 2. The molecule has 2 aromatic rings. The summed E-state index contributed by atoms with van der Waals surface area (Å²) in [6, 6.07) is 10.0.